The third-order valence-electron chi connectivity index (χ3n) is 8.35. The zero-order chi connectivity index (χ0) is 22.1. The van der Waals surface area contributed by atoms with Gasteiger partial charge in [0, 0.05) is 50.7 Å². The van der Waals surface area contributed by atoms with Crippen molar-refractivity contribution in [2.75, 3.05) is 39.4 Å². The van der Waals surface area contributed by atoms with E-state index >= 15 is 0 Å². The van der Waals surface area contributed by atoms with Crippen LogP contribution in [0.2, 0.25) is 0 Å². The van der Waals surface area contributed by atoms with Gasteiger partial charge in [0.05, 0.1) is 24.0 Å². The van der Waals surface area contributed by atoms with Crippen LogP contribution in [0.15, 0.2) is 34.8 Å². The number of aliphatic hydroxyl groups excluding tert-OH is 1. The molecule has 1 amide bonds. The predicted octanol–water partition coefficient (Wildman–Crippen LogP) is 0.634. The summed E-state index contributed by atoms with van der Waals surface area (Å²) in [6, 6.07) is 0. The second-order valence-electron chi connectivity index (χ2n) is 10.1. The Bertz CT molecular complexity index is 984. The lowest BCUT2D eigenvalue weighted by molar-refractivity contribution is -0.135. The summed E-state index contributed by atoms with van der Waals surface area (Å²) in [5, 5.41) is 10.9. The van der Waals surface area contributed by atoms with Crippen molar-refractivity contribution in [1.82, 2.24) is 9.80 Å². The normalized spacial score (nSPS) is 37.2. The Morgan fingerprint density at radius 3 is 2.66 bits per heavy atom. The van der Waals surface area contributed by atoms with Gasteiger partial charge in [0.15, 0.2) is 0 Å². The average Bonchev–Trinajstić information content (AvgIpc) is 3.29. The second kappa shape index (κ2) is 7.28. The molecule has 4 aliphatic heterocycles. The highest BCUT2D eigenvalue weighted by molar-refractivity contribution is 5.90. The van der Waals surface area contributed by atoms with Crippen LogP contribution in [0.3, 0.4) is 0 Å². The number of carbonyl (C=O) groups is 3. The Balaban J connectivity index is 1.05. The van der Waals surface area contributed by atoms with Gasteiger partial charge in [-0.1, -0.05) is 5.57 Å². The Labute approximate surface area is 186 Å². The van der Waals surface area contributed by atoms with E-state index in [0.717, 1.165) is 29.8 Å². The molecule has 32 heavy (non-hydrogen) atoms. The highest BCUT2D eigenvalue weighted by Crippen LogP contribution is 2.57. The second-order valence-corrected chi connectivity index (χ2v) is 10.1. The Hall–Kier alpha value is -2.45. The van der Waals surface area contributed by atoms with E-state index in [-0.39, 0.29) is 24.3 Å². The molecule has 170 valence electrons. The van der Waals surface area contributed by atoms with E-state index in [0.29, 0.717) is 61.9 Å². The van der Waals surface area contributed by atoms with E-state index in [1.54, 1.807) is 11.2 Å². The number of hydrogen-bond donors (Lipinski definition) is 1. The van der Waals surface area contributed by atoms with Crippen molar-refractivity contribution in [3.63, 3.8) is 0 Å². The number of hydrogen-bond acceptors (Lipinski definition) is 7. The van der Waals surface area contributed by atoms with Crippen LogP contribution in [-0.2, 0) is 23.9 Å². The van der Waals surface area contributed by atoms with Crippen molar-refractivity contribution < 1.29 is 29.0 Å². The van der Waals surface area contributed by atoms with Gasteiger partial charge < -0.3 is 24.4 Å². The molecule has 1 saturated carbocycles. The fraction of sp³-hybridized carbons (Fsp3) is 0.625. The molecule has 4 heterocycles. The molecule has 0 aromatic rings. The van der Waals surface area contributed by atoms with Crippen molar-refractivity contribution in [2.24, 2.45) is 29.6 Å². The van der Waals surface area contributed by atoms with Crippen molar-refractivity contribution in [3.05, 3.63) is 34.8 Å². The summed E-state index contributed by atoms with van der Waals surface area (Å²) < 4.78 is 10.3. The fourth-order valence-electron chi connectivity index (χ4n) is 6.80. The molecule has 0 spiro atoms. The van der Waals surface area contributed by atoms with E-state index in [2.05, 4.69) is 4.90 Å². The number of carbonyl (C=O) groups excluding carboxylic acids is 3. The monoisotopic (exact) mass is 440 g/mol. The number of ketones is 1. The highest BCUT2D eigenvalue weighted by Gasteiger charge is 2.60. The first kappa shape index (κ1) is 20.2. The molecule has 4 unspecified atom stereocenters. The van der Waals surface area contributed by atoms with E-state index < -0.39 is 12.0 Å². The number of aliphatic hydroxyl groups is 1. The largest absolute Gasteiger partial charge is 0.496 e. The van der Waals surface area contributed by atoms with Gasteiger partial charge in [-0.15, -0.1) is 0 Å². The van der Waals surface area contributed by atoms with Crippen LogP contribution in [-0.4, -0.2) is 78.1 Å². The smallest absolute Gasteiger partial charge is 0.333 e. The first-order valence-electron chi connectivity index (χ1n) is 11.5. The molecule has 2 aliphatic carbocycles. The number of β-amino-alcohol motifs (C(OH)–C–C–N with tert-alkyl or cyclic N) is 1. The molecule has 0 aromatic heterocycles. The quantitative estimate of drug-likeness (QED) is 0.627. The minimum atomic E-state index is -0.705. The fourth-order valence-corrected chi connectivity index (χ4v) is 6.80. The Morgan fingerprint density at radius 1 is 1.16 bits per heavy atom. The maximum Gasteiger partial charge on any atom is 0.333 e. The van der Waals surface area contributed by atoms with Crippen molar-refractivity contribution in [2.45, 2.75) is 25.9 Å². The molecule has 1 N–H and O–H groups in total. The van der Waals surface area contributed by atoms with E-state index in [9.17, 15) is 19.5 Å². The summed E-state index contributed by atoms with van der Waals surface area (Å²) >= 11 is 0. The van der Waals surface area contributed by atoms with Crippen LogP contribution in [0, 0.1) is 29.6 Å². The summed E-state index contributed by atoms with van der Waals surface area (Å²) in [7, 11) is 0. The number of nitrogens with zero attached hydrogens (tertiary/aromatic N) is 2. The van der Waals surface area contributed by atoms with Gasteiger partial charge in [-0.3, -0.25) is 9.59 Å². The number of cyclic esters (lactones) is 1. The third-order valence-corrected chi connectivity index (χ3v) is 8.35. The number of Topliss-reactive ketones (excluding diaryl/α,β-unsaturated/α-hetero) is 1. The number of rotatable bonds is 5. The van der Waals surface area contributed by atoms with Gasteiger partial charge in [0.2, 0.25) is 5.91 Å². The lowest BCUT2D eigenvalue weighted by atomic mass is 9.77. The maximum atomic E-state index is 12.7. The van der Waals surface area contributed by atoms with Gasteiger partial charge in [0.1, 0.15) is 19.0 Å². The van der Waals surface area contributed by atoms with Gasteiger partial charge in [0.25, 0.3) is 0 Å². The van der Waals surface area contributed by atoms with Crippen molar-refractivity contribution in [1.29, 1.82) is 0 Å². The number of amides is 1. The van der Waals surface area contributed by atoms with Crippen LogP contribution >= 0.6 is 0 Å². The van der Waals surface area contributed by atoms with Crippen molar-refractivity contribution in [3.8, 4) is 0 Å². The zero-order valence-electron chi connectivity index (χ0n) is 18.2. The van der Waals surface area contributed by atoms with Crippen LogP contribution in [0.5, 0.6) is 0 Å². The molecular formula is C24H28N2O6. The minimum Gasteiger partial charge on any atom is -0.496 e. The number of piperidine rings is 1. The predicted molar refractivity (Wildman–Crippen MR) is 112 cm³/mol. The van der Waals surface area contributed by atoms with Crippen LogP contribution < -0.4 is 0 Å². The molecule has 5 atom stereocenters. The summed E-state index contributed by atoms with van der Waals surface area (Å²) in [4.78, 5) is 40.5. The lowest BCUT2D eigenvalue weighted by Crippen LogP contribution is -2.42. The van der Waals surface area contributed by atoms with E-state index in [1.807, 2.05) is 6.92 Å². The van der Waals surface area contributed by atoms with Crippen molar-refractivity contribution >= 4 is 17.7 Å². The Kier molecular flexibility index (Phi) is 4.59. The highest BCUT2D eigenvalue weighted by atomic mass is 16.5. The molecule has 6 rings (SSSR count). The SMILES string of the molecule is CC1=C2COC=C2CC(=O)C1[C@@H](O)CN1CC2C(C1)C2C1CC(=O)N(C2=CC(=O)OC2)C1. The molecule has 3 fully saturated rings. The van der Waals surface area contributed by atoms with Crippen LogP contribution in [0.1, 0.15) is 19.8 Å². The van der Waals surface area contributed by atoms with E-state index in [4.69, 9.17) is 9.47 Å². The summed E-state index contributed by atoms with van der Waals surface area (Å²) in [5.74, 6) is 1.29. The topological polar surface area (TPSA) is 96.4 Å². The first-order valence-corrected chi connectivity index (χ1v) is 11.5. The molecule has 0 radical (unpaired) electrons. The lowest BCUT2D eigenvalue weighted by Gasteiger charge is -2.31. The number of esters is 1. The molecule has 8 nitrogen and oxygen atoms in total. The average molecular weight is 440 g/mol. The molecule has 0 bridgehead atoms. The molecule has 6 aliphatic rings. The van der Waals surface area contributed by atoms with Crippen LogP contribution in [0.25, 0.3) is 0 Å². The molecular weight excluding hydrogens is 412 g/mol. The summed E-state index contributed by atoms with van der Waals surface area (Å²) in [5.41, 5.74) is 3.68. The summed E-state index contributed by atoms with van der Waals surface area (Å²) in [6.07, 6.45) is 3.28. The van der Waals surface area contributed by atoms with Gasteiger partial charge in [-0.2, -0.15) is 0 Å². The minimum absolute atomic E-state index is 0.0750. The number of fused-ring (bicyclic) bond motifs is 2. The first-order chi connectivity index (χ1) is 15.4. The molecule has 0 aromatic carbocycles. The number of likely N-dealkylation sites (tertiary alicyclic amines) is 2. The maximum absolute atomic E-state index is 12.7. The van der Waals surface area contributed by atoms with E-state index in [1.165, 1.54) is 6.08 Å². The summed E-state index contributed by atoms with van der Waals surface area (Å²) in [6.45, 7) is 5.63. The molecule has 2 saturated heterocycles. The van der Waals surface area contributed by atoms with Gasteiger partial charge in [-0.05, 0) is 36.2 Å². The van der Waals surface area contributed by atoms with Crippen LogP contribution in [0.4, 0.5) is 0 Å². The standard InChI is InChI=1S/C24H28N2O6/c1-12-18-11-31-9-14(18)2-19(27)23(12)20(28)8-25-6-16-17(7-25)24(16)13-3-21(29)26(5-13)15-4-22(30)32-10-15/h4,9,13,16-17,20,23-24,28H,2-3,5-8,10-11H2,1H3/t13?,16?,17?,20-,23?,24?/m0/s1. The Morgan fingerprint density at radius 2 is 1.94 bits per heavy atom. The van der Waals surface area contributed by atoms with Gasteiger partial charge in [-0.25, -0.2) is 4.79 Å². The third kappa shape index (κ3) is 3.15. The zero-order valence-corrected chi connectivity index (χ0v) is 18.2. The number of ether oxygens (including phenoxy) is 2. The van der Waals surface area contributed by atoms with Gasteiger partial charge >= 0.3 is 5.97 Å². The molecule has 8 heteroatoms.